The highest BCUT2D eigenvalue weighted by Gasteiger charge is 2.27. The Bertz CT molecular complexity index is 553. The molecule has 1 saturated heterocycles. The van der Waals surface area contributed by atoms with Crippen molar-refractivity contribution < 1.29 is 9.53 Å². The molecule has 1 heterocycles. The van der Waals surface area contributed by atoms with Crippen LogP contribution in [0.3, 0.4) is 0 Å². The first-order valence-corrected chi connectivity index (χ1v) is 11.9. The van der Waals surface area contributed by atoms with Crippen molar-refractivity contribution in [1.29, 1.82) is 0 Å². The molecule has 8 heteroatoms. The second-order valence-electron chi connectivity index (χ2n) is 9.97. The van der Waals surface area contributed by atoms with E-state index in [2.05, 4.69) is 20.5 Å². The second kappa shape index (κ2) is 13.7. The summed E-state index contributed by atoms with van der Waals surface area (Å²) < 4.78 is 5.45. The molecule has 182 valence electrons. The van der Waals surface area contributed by atoms with Crippen LogP contribution in [-0.4, -0.2) is 79.3 Å². The summed E-state index contributed by atoms with van der Waals surface area (Å²) in [6.07, 6.45) is 9.90. The standard InChI is InChI=1S/C23H45N5O2.HI/c1-18(27(6)22(29)30-23(2,3)4)12-15-25-21(24-5)26-19-13-16-28(17-14-19)20-10-8-7-9-11-20;/h18-20H,7-17H2,1-6H3,(H2,24,25,26);1H. The molecule has 1 aliphatic heterocycles. The fourth-order valence-electron chi connectivity index (χ4n) is 4.35. The summed E-state index contributed by atoms with van der Waals surface area (Å²) in [6, 6.07) is 1.39. The van der Waals surface area contributed by atoms with Crippen LogP contribution in [0.1, 0.15) is 79.1 Å². The van der Waals surface area contributed by atoms with Crippen molar-refractivity contribution in [2.75, 3.05) is 33.7 Å². The minimum absolute atomic E-state index is 0. The van der Waals surface area contributed by atoms with E-state index in [1.165, 1.54) is 58.0 Å². The maximum absolute atomic E-state index is 12.2. The van der Waals surface area contributed by atoms with Crippen molar-refractivity contribution in [3.05, 3.63) is 0 Å². The fourth-order valence-corrected chi connectivity index (χ4v) is 4.35. The summed E-state index contributed by atoms with van der Waals surface area (Å²) in [5.41, 5.74) is -0.470. The van der Waals surface area contributed by atoms with Gasteiger partial charge in [-0.2, -0.15) is 0 Å². The average molecular weight is 552 g/mol. The van der Waals surface area contributed by atoms with Gasteiger partial charge in [-0.05, 0) is 59.8 Å². The molecule has 2 rings (SSSR count). The SMILES string of the molecule is CN=C(NCCC(C)N(C)C(=O)OC(C)(C)C)NC1CCN(C2CCCCC2)CC1.I. The van der Waals surface area contributed by atoms with Crippen LogP contribution in [0.4, 0.5) is 4.79 Å². The molecular weight excluding hydrogens is 505 g/mol. The Morgan fingerprint density at radius 1 is 1.16 bits per heavy atom. The van der Waals surface area contributed by atoms with Crippen LogP contribution in [0.2, 0.25) is 0 Å². The number of ether oxygens (including phenoxy) is 1. The molecular formula is C23H46IN5O2. The van der Waals surface area contributed by atoms with Gasteiger partial charge in [-0.1, -0.05) is 19.3 Å². The van der Waals surface area contributed by atoms with Crippen molar-refractivity contribution >= 4 is 36.0 Å². The third kappa shape index (κ3) is 10.1. The summed E-state index contributed by atoms with van der Waals surface area (Å²) in [5, 5.41) is 7.00. The average Bonchev–Trinajstić information content (AvgIpc) is 2.72. The number of aliphatic imine (C=N–C) groups is 1. The van der Waals surface area contributed by atoms with E-state index < -0.39 is 5.60 Å². The number of hydrogen-bond acceptors (Lipinski definition) is 4. The Morgan fingerprint density at radius 2 is 1.77 bits per heavy atom. The van der Waals surface area contributed by atoms with Gasteiger partial charge in [-0.25, -0.2) is 4.79 Å². The van der Waals surface area contributed by atoms with Crippen LogP contribution in [0.25, 0.3) is 0 Å². The van der Waals surface area contributed by atoms with Gasteiger partial charge in [0, 0.05) is 51.9 Å². The van der Waals surface area contributed by atoms with Gasteiger partial charge in [0.15, 0.2) is 5.96 Å². The van der Waals surface area contributed by atoms with Crippen molar-refractivity contribution in [3.8, 4) is 0 Å². The van der Waals surface area contributed by atoms with Gasteiger partial charge >= 0.3 is 6.09 Å². The number of hydrogen-bond donors (Lipinski definition) is 2. The molecule has 0 radical (unpaired) electrons. The highest BCUT2D eigenvalue weighted by molar-refractivity contribution is 14.0. The minimum Gasteiger partial charge on any atom is -0.444 e. The monoisotopic (exact) mass is 551 g/mol. The zero-order valence-electron chi connectivity index (χ0n) is 20.6. The number of nitrogens with one attached hydrogen (secondary N) is 2. The fraction of sp³-hybridized carbons (Fsp3) is 0.913. The molecule has 2 aliphatic rings. The Labute approximate surface area is 207 Å². The molecule has 2 fully saturated rings. The largest absolute Gasteiger partial charge is 0.444 e. The molecule has 2 N–H and O–H groups in total. The van der Waals surface area contributed by atoms with Gasteiger partial charge in [-0.3, -0.25) is 4.99 Å². The lowest BCUT2D eigenvalue weighted by molar-refractivity contribution is 0.0230. The van der Waals surface area contributed by atoms with Crippen molar-refractivity contribution in [2.45, 2.75) is 103 Å². The van der Waals surface area contributed by atoms with Crippen molar-refractivity contribution in [1.82, 2.24) is 20.4 Å². The third-order valence-corrected chi connectivity index (χ3v) is 6.38. The maximum atomic E-state index is 12.2. The summed E-state index contributed by atoms with van der Waals surface area (Å²) in [5.74, 6) is 0.859. The van der Waals surface area contributed by atoms with E-state index in [4.69, 9.17) is 4.74 Å². The molecule has 0 aromatic heterocycles. The number of carbonyl (C=O) groups excluding carboxylic acids is 1. The summed E-state index contributed by atoms with van der Waals surface area (Å²) >= 11 is 0. The number of piperidine rings is 1. The van der Waals surface area contributed by atoms with Gasteiger partial charge in [0.25, 0.3) is 0 Å². The Hall–Kier alpha value is -0.770. The zero-order valence-corrected chi connectivity index (χ0v) is 22.9. The van der Waals surface area contributed by atoms with Gasteiger partial charge in [-0.15, -0.1) is 24.0 Å². The van der Waals surface area contributed by atoms with Crippen LogP contribution in [0.5, 0.6) is 0 Å². The van der Waals surface area contributed by atoms with Gasteiger partial charge < -0.3 is 25.2 Å². The Kier molecular flexibility index (Phi) is 12.5. The molecule has 1 amide bonds. The smallest absolute Gasteiger partial charge is 0.410 e. The maximum Gasteiger partial charge on any atom is 0.410 e. The van der Waals surface area contributed by atoms with E-state index in [-0.39, 0.29) is 36.1 Å². The number of amides is 1. The lowest BCUT2D eigenvalue weighted by atomic mass is 9.92. The molecule has 0 aromatic carbocycles. The van der Waals surface area contributed by atoms with Crippen LogP contribution in [0, 0.1) is 0 Å². The van der Waals surface area contributed by atoms with Crippen molar-refractivity contribution in [3.63, 3.8) is 0 Å². The number of guanidine groups is 1. The molecule has 1 aliphatic carbocycles. The number of nitrogens with zero attached hydrogens (tertiary/aromatic N) is 3. The van der Waals surface area contributed by atoms with Gasteiger partial charge in [0.2, 0.25) is 0 Å². The second-order valence-corrected chi connectivity index (χ2v) is 9.97. The van der Waals surface area contributed by atoms with Crippen molar-refractivity contribution in [2.24, 2.45) is 4.99 Å². The zero-order chi connectivity index (χ0) is 22.1. The summed E-state index contributed by atoms with van der Waals surface area (Å²) in [4.78, 5) is 21.0. The number of likely N-dealkylation sites (tertiary alicyclic amines) is 1. The first kappa shape index (κ1) is 28.3. The first-order valence-electron chi connectivity index (χ1n) is 11.9. The van der Waals surface area contributed by atoms with Crippen LogP contribution < -0.4 is 10.6 Å². The van der Waals surface area contributed by atoms with E-state index in [1.807, 2.05) is 34.7 Å². The van der Waals surface area contributed by atoms with E-state index in [1.54, 1.807) is 11.9 Å². The van der Waals surface area contributed by atoms with E-state index >= 15 is 0 Å². The highest BCUT2D eigenvalue weighted by Crippen LogP contribution is 2.25. The lowest BCUT2D eigenvalue weighted by Crippen LogP contribution is -2.51. The van der Waals surface area contributed by atoms with Gasteiger partial charge in [0.05, 0.1) is 0 Å². The molecule has 0 spiro atoms. The first-order chi connectivity index (χ1) is 14.2. The predicted molar refractivity (Wildman–Crippen MR) is 139 cm³/mol. The molecule has 1 saturated carbocycles. The Morgan fingerprint density at radius 3 is 2.32 bits per heavy atom. The summed E-state index contributed by atoms with van der Waals surface area (Å²) in [6.45, 7) is 10.9. The molecule has 0 aromatic rings. The number of halogens is 1. The third-order valence-electron chi connectivity index (χ3n) is 6.38. The van der Waals surface area contributed by atoms with Gasteiger partial charge in [0.1, 0.15) is 5.60 Å². The molecule has 31 heavy (non-hydrogen) atoms. The van der Waals surface area contributed by atoms with Crippen LogP contribution in [0.15, 0.2) is 4.99 Å². The quantitative estimate of drug-likeness (QED) is 0.294. The van der Waals surface area contributed by atoms with E-state index in [0.717, 1.165) is 25.0 Å². The normalized spacial score (nSPS) is 20.5. The minimum atomic E-state index is -0.470. The lowest BCUT2D eigenvalue weighted by Gasteiger charge is -2.39. The summed E-state index contributed by atoms with van der Waals surface area (Å²) in [7, 11) is 3.62. The van der Waals surface area contributed by atoms with E-state index in [0.29, 0.717) is 6.04 Å². The molecule has 1 unspecified atom stereocenters. The Balaban J connectivity index is 0.00000480. The molecule has 0 bridgehead atoms. The highest BCUT2D eigenvalue weighted by atomic mass is 127. The molecule has 1 atom stereocenters. The predicted octanol–water partition coefficient (Wildman–Crippen LogP) is 4.21. The molecule has 7 nitrogen and oxygen atoms in total. The number of carbonyl (C=O) groups is 1. The van der Waals surface area contributed by atoms with E-state index in [9.17, 15) is 4.79 Å². The number of rotatable bonds is 6. The topological polar surface area (TPSA) is 69.2 Å². The van der Waals surface area contributed by atoms with Crippen LogP contribution in [-0.2, 0) is 4.74 Å². The van der Waals surface area contributed by atoms with Crippen LogP contribution >= 0.6 is 24.0 Å².